The molecule has 3 nitrogen and oxygen atoms in total. The molecule has 3 N–H and O–H groups in total. The summed E-state index contributed by atoms with van der Waals surface area (Å²) < 4.78 is 0. The summed E-state index contributed by atoms with van der Waals surface area (Å²) in [5, 5.41) is 6.68. The molecule has 0 aromatic heterocycles. The highest BCUT2D eigenvalue weighted by Crippen LogP contribution is 1.94. The van der Waals surface area contributed by atoms with Gasteiger partial charge in [-0.3, -0.25) is 10.9 Å². The topological polar surface area (TPSA) is 47.9 Å². The van der Waals surface area contributed by atoms with Crippen molar-refractivity contribution in [3.8, 4) is 0 Å². The van der Waals surface area contributed by atoms with E-state index < -0.39 is 0 Å². The van der Waals surface area contributed by atoms with Crippen LogP contribution in [0.4, 0.5) is 0 Å². The van der Waals surface area contributed by atoms with Gasteiger partial charge in [-0.1, -0.05) is 0 Å². The molecule has 0 aliphatic rings. The number of nitrogens with one attached hydrogen (secondary N) is 3. The lowest BCUT2D eigenvalue weighted by Crippen LogP contribution is -2.46. The third-order valence-electron chi connectivity index (χ3n) is 0.668. The molecule has 0 saturated heterocycles. The third-order valence-corrected chi connectivity index (χ3v) is 0.668. The Kier molecular flexibility index (Phi) is 3.42. The van der Waals surface area contributed by atoms with Crippen LogP contribution in [0.25, 0.3) is 0 Å². The number of hydrazine groups is 1. The van der Waals surface area contributed by atoms with Crippen LogP contribution in [0, 0.1) is 5.41 Å². The van der Waals surface area contributed by atoms with E-state index in [2.05, 4.69) is 31.6 Å². The van der Waals surface area contributed by atoms with Crippen LogP contribution >= 0.6 is 0 Å². The largest absolute Gasteiger partial charge is 0.312 e. The van der Waals surface area contributed by atoms with Crippen LogP contribution in [0.1, 0.15) is 20.8 Å². The van der Waals surface area contributed by atoms with E-state index in [9.17, 15) is 0 Å². The molecule has 0 amide bonds. The van der Waals surface area contributed by atoms with Crippen molar-refractivity contribution in [3.05, 3.63) is 0 Å². The Morgan fingerprint density at radius 1 is 1.44 bits per heavy atom. The number of hydrogen-bond donors (Lipinski definition) is 3. The van der Waals surface area contributed by atoms with Crippen LogP contribution in [0.3, 0.4) is 0 Å². The first-order chi connectivity index (χ1) is 4.06. The molecule has 0 aliphatic heterocycles. The van der Waals surface area contributed by atoms with Crippen molar-refractivity contribution in [2.75, 3.05) is 6.54 Å². The average molecular weight is 129 g/mol. The zero-order chi connectivity index (χ0) is 7.33. The fraction of sp³-hybridized carbons (Fsp3) is 0.833. The predicted molar refractivity (Wildman–Crippen MR) is 39.7 cm³/mol. The Morgan fingerprint density at radius 3 is 2.33 bits per heavy atom. The Hall–Kier alpha value is -0.410. The van der Waals surface area contributed by atoms with Gasteiger partial charge in [0.2, 0.25) is 0 Å². The van der Waals surface area contributed by atoms with E-state index in [1.165, 1.54) is 6.21 Å². The van der Waals surface area contributed by atoms with Gasteiger partial charge < -0.3 is 5.41 Å². The van der Waals surface area contributed by atoms with E-state index in [1.54, 1.807) is 0 Å². The quantitative estimate of drug-likeness (QED) is 0.296. The molecule has 0 unspecified atom stereocenters. The summed E-state index contributed by atoms with van der Waals surface area (Å²) in [5.41, 5.74) is 5.99. The summed E-state index contributed by atoms with van der Waals surface area (Å²) in [5.74, 6) is 0. The van der Waals surface area contributed by atoms with E-state index in [0.29, 0.717) is 6.54 Å². The highest BCUT2D eigenvalue weighted by atomic mass is 15.4. The molecule has 3 heteroatoms. The molecular formula is C6H15N3. The molecular weight excluding hydrogens is 114 g/mol. The first-order valence-electron chi connectivity index (χ1n) is 3.05. The van der Waals surface area contributed by atoms with Crippen molar-refractivity contribution in [2.45, 2.75) is 26.3 Å². The molecule has 54 valence electrons. The molecule has 0 atom stereocenters. The monoisotopic (exact) mass is 129 g/mol. The van der Waals surface area contributed by atoms with Crippen molar-refractivity contribution in [1.82, 2.24) is 10.9 Å². The molecule has 0 aromatic carbocycles. The average Bonchev–Trinajstić information content (AvgIpc) is 1.63. The van der Waals surface area contributed by atoms with Crippen molar-refractivity contribution < 1.29 is 0 Å². The maximum absolute atomic E-state index is 6.68. The van der Waals surface area contributed by atoms with Gasteiger partial charge in [0.15, 0.2) is 0 Å². The van der Waals surface area contributed by atoms with Gasteiger partial charge in [-0.2, -0.15) is 0 Å². The molecule has 0 radical (unpaired) electrons. The molecule has 0 saturated carbocycles. The van der Waals surface area contributed by atoms with Crippen molar-refractivity contribution in [3.63, 3.8) is 0 Å². The Bertz CT molecular complexity index is 82.8. The fourth-order valence-corrected chi connectivity index (χ4v) is 0.367. The lowest BCUT2D eigenvalue weighted by molar-refractivity contribution is 0.374. The lowest BCUT2D eigenvalue weighted by Gasteiger charge is -2.20. The smallest absolute Gasteiger partial charge is 0.0447 e. The molecule has 0 bridgehead atoms. The molecule has 0 aromatic rings. The molecule has 0 heterocycles. The van der Waals surface area contributed by atoms with Gasteiger partial charge in [-0.25, -0.2) is 0 Å². The molecule has 0 fully saturated rings. The van der Waals surface area contributed by atoms with Crippen LogP contribution in [0.5, 0.6) is 0 Å². The number of rotatable bonds is 3. The summed E-state index contributed by atoms with van der Waals surface area (Å²) in [6.07, 6.45) is 1.32. The minimum Gasteiger partial charge on any atom is -0.312 e. The third kappa shape index (κ3) is 7.59. The van der Waals surface area contributed by atoms with Gasteiger partial charge in [-0.15, -0.1) is 0 Å². The van der Waals surface area contributed by atoms with Crippen LogP contribution in [0.15, 0.2) is 0 Å². The van der Waals surface area contributed by atoms with Gasteiger partial charge in [0.05, 0.1) is 0 Å². The zero-order valence-electron chi connectivity index (χ0n) is 6.28. The zero-order valence-corrected chi connectivity index (χ0v) is 6.28. The normalized spacial score (nSPS) is 11.4. The van der Waals surface area contributed by atoms with Crippen LogP contribution in [0.2, 0.25) is 0 Å². The summed E-state index contributed by atoms with van der Waals surface area (Å²) in [6, 6.07) is 0. The van der Waals surface area contributed by atoms with Crippen molar-refractivity contribution in [2.24, 2.45) is 0 Å². The van der Waals surface area contributed by atoms with Crippen LogP contribution in [-0.2, 0) is 0 Å². The molecule has 0 aliphatic carbocycles. The Labute approximate surface area is 56.3 Å². The minimum atomic E-state index is 0.0863. The van der Waals surface area contributed by atoms with Gasteiger partial charge in [0.25, 0.3) is 0 Å². The minimum absolute atomic E-state index is 0.0863. The van der Waals surface area contributed by atoms with E-state index in [4.69, 9.17) is 5.41 Å². The lowest BCUT2D eigenvalue weighted by atomic mass is 10.1. The first kappa shape index (κ1) is 8.59. The second kappa shape index (κ2) is 3.58. The number of hydrogen-bond acceptors (Lipinski definition) is 3. The molecule has 0 spiro atoms. The van der Waals surface area contributed by atoms with Crippen molar-refractivity contribution >= 4 is 6.21 Å². The second-order valence-electron chi connectivity index (χ2n) is 2.96. The van der Waals surface area contributed by atoms with E-state index in [-0.39, 0.29) is 5.54 Å². The van der Waals surface area contributed by atoms with Gasteiger partial charge in [-0.05, 0) is 20.8 Å². The maximum atomic E-state index is 6.68. The molecule has 0 rings (SSSR count). The highest BCUT2D eigenvalue weighted by molar-refractivity contribution is 5.55. The van der Waals surface area contributed by atoms with E-state index >= 15 is 0 Å². The summed E-state index contributed by atoms with van der Waals surface area (Å²) in [7, 11) is 0. The summed E-state index contributed by atoms with van der Waals surface area (Å²) in [4.78, 5) is 0. The van der Waals surface area contributed by atoms with Crippen molar-refractivity contribution in [1.29, 1.82) is 5.41 Å². The maximum Gasteiger partial charge on any atom is 0.0447 e. The first-order valence-corrected chi connectivity index (χ1v) is 3.05. The predicted octanol–water partition coefficient (Wildman–Crippen LogP) is 0.529. The van der Waals surface area contributed by atoms with Crippen LogP contribution < -0.4 is 10.9 Å². The van der Waals surface area contributed by atoms with E-state index in [1.807, 2.05) is 0 Å². The summed E-state index contributed by atoms with van der Waals surface area (Å²) >= 11 is 0. The fourth-order valence-electron chi connectivity index (χ4n) is 0.367. The highest BCUT2D eigenvalue weighted by Gasteiger charge is 2.05. The Morgan fingerprint density at radius 2 is 2.00 bits per heavy atom. The Balaban J connectivity index is 3.17. The van der Waals surface area contributed by atoms with Crippen LogP contribution in [-0.4, -0.2) is 18.3 Å². The SMILES string of the molecule is CC(C)(C)NNCC=N. The summed E-state index contributed by atoms with van der Waals surface area (Å²) in [6.45, 7) is 6.76. The second-order valence-corrected chi connectivity index (χ2v) is 2.96. The van der Waals surface area contributed by atoms with Gasteiger partial charge in [0, 0.05) is 18.3 Å². The standard InChI is InChI=1S/C6H15N3/c1-6(2,3)9-8-5-4-7/h4,7-9H,5H2,1-3H3. The molecule has 9 heavy (non-hydrogen) atoms. The van der Waals surface area contributed by atoms with E-state index in [0.717, 1.165) is 0 Å². The van der Waals surface area contributed by atoms with Gasteiger partial charge in [0.1, 0.15) is 0 Å². The van der Waals surface area contributed by atoms with Gasteiger partial charge >= 0.3 is 0 Å².